The molecule has 0 aliphatic carbocycles. The fourth-order valence-corrected chi connectivity index (χ4v) is 4.84. The maximum absolute atomic E-state index is 12.7. The highest BCUT2D eigenvalue weighted by Gasteiger charge is 2.19. The van der Waals surface area contributed by atoms with Gasteiger partial charge >= 0.3 is 0 Å². The van der Waals surface area contributed by atoms with Crippen molar-refractivity contribution in [2.75, 3.05) is 11.5 Å². The molecule has 2 aromatic carbocycles. The van der Waals surface area contributed by atoms with Crippen molar-refractivity contribution in [3.63, 3.8) is 0 Å². The normalized spacial score (nSPS) is 13.2. The Balaban J connectivity index is 1.52. The summed E-state index contributed by atoms with van der Waals surface area (Å²) in [7, 11) is -3.78. The molecule has 1 aliphatic heterocycles. The number of nitrogens with zero attached hydrogens (tertiary/aromatic N) is 1. The molecule has 0 fully saturated rings. The number of carbonyl (C=O) groups is 1. The number of fused-ring (bicyclic) bond motifs is 1. The minimum absolute atomic E-state index is 0.153. The quantitative estimate of drug-likeness (QED) is 0.448. The molecule has 0 unspecified atom stereocenters. The molecule has 30 heavy (non-hydrogen) atoms. The zero-order chi connectivity index (χ0) is 21.1. The zero-order valence-corrected chi connectivity index (χ0v) is 17.4. The number of para-hydroxylation sites is 1. The number of hydrogen-bond acceptors (Lipinski definition) is 7. The summed E-state index contributed by atoms with van der Waals surface area (Å²) in [6, 6.07) is 14.8. The van der Waals surface area contributed by atoms with Gasteiger partial charge in [-0.1, -0.05) is 18.2 Å². The van der Waals surface area contributed by atoms with E-state index in [-0.39, 0.29) is 22.3 Å². The van der Waals surface area contributed by atoms with E-state index in [1.807, 2.05) is 6.07 Å². The second-order valence-electron chi connectivity index (χ2n) is 6.29. The van der Waals surface area contributed by atoms with Gasteiger partial charge in [0.15, 0.2) is 11.5 Å². The summed E-state index contributed by atoms with van der Waals surface area (Å²) in [5.41, 5.74) is 4.10. The van der Waals surface area contributed by atoms with Gasteiger partial charge in [0.25, 0.3) is 15.9 Å². The molecule has 1 aliphatic rings. The average molecular weight is 444 g/mol. The van der Waals surface area contributed by atoms with Crippen LogP contribution < -0.4 is 19.6 Å². The van der Waals surface area contributed by atoms with Crippen molar-refractivity contribution in [3.8, 4) is 11.5 Å². The van der Waals surface area contributed by atoms with Gasteiger partial charge in [-0.15, -0.1) is 11.3 Å². The van der Waals surface area contributed by atoms with E-state index >= 15 is 0 Å². The van der Waals surface area contributed by atoms with Crippen LogP contribution in [-0.4, -0.2) is 26.8 Å². The van der Waals surface area contributed by atoms with E-state index in [9.17, 15) is 13.2 Å². The first-order valence-electron chi connectivity index (χ1n) is 8.84. The van der Waals surface area contributed by atoms with E-state index in [0.717, 1.165) is 16.9 Å². The van der Waals surface area contributed by atoms with Gasteiger partial charge in [0.2, 0.25) is 6.79 Å². The molecule has 0 saturated heterocycles. The Kier molecular flexibility index (Phi) is 5.42. The van der Waals surface area contributed by atoms with Crippen molar-refractivity contribution in [2.24, 2.45) is 5.10 Å². The van der Waals surface area contributed by atoms with E-state index in [1.54, 1.807) is 42.6 Å². The van der Waals surface area contributed by atoms with Gasteiger partial charge in [0.1, 0.15) is 4.21 Å². The van der Waals surface area contributed by atoms with Crippen molar-refractivity contribution in [1.82, 2.24) is 5.43 Å². The van der Waals surface area contributed by atoms with Crippen molar-refractivity contribution in [3.05, 3.63) is 71.1 Å². The lowest BCUT2D eigenvalue weighted by molar-refractivity contribution is 0.0955. The van der Waals surface area contributed by atoms with E-state index in [2.05, 4.69) is 15.2 Å². The monoisotopic (exact) mass is 443 g/mol. The smallest absolute Gasteiger partial charge is 0.273 e. The van der Waals surface area contributed by atoms with Crippen LogP contribution in [0.15, 0.2) is 69.3 Å². The number of benzene rings is 2. The number of hydrazone groups is 1. The van der Waals surface area contributed by atoms with Gasteiger partial charge in [0.05, 0.1) is 17.0 Å². The number of nitrogens with one attached hydrogen (secondary N) is 2. The first-order chi connectivity index (χ1) is 14.4. The van der Waals surface area contributed by atoms with Crippen LogP contribution in [0.25, 0.3) is 0 Å². The maximum Gasteiger partial charge on any atom is 0.273 e. The largest absolute Gasteiger partial charge is 0.454 e. The van der Waals surface area contributed by atoms with Gasteiger partial charge in [-0.2, -0.15) is 5.10 Å². The summed E-state index contributed by atoms with van der Waals surface area (Å²) in [6.07, 6.45) is 0. The summed E-state index contributed by atoms with van der Waals surface area (Å²) < 4.78 is 38.3. The van der Waals surface area contributed by atoms with Crippen LogP contribution in [0.3, 0.4) is 0 Å². The van der Waals surface area contributed by atoms with E-state index in [4.69, 9.17) is 9.47 Å². The lowest BCUT2D eigenvalue weighted by Gasteiger charge is -2.11. The van der Waals surface area contributed by atoms with Crippen molar-refractivity contribution >= 4 is 38.7 Å². The number of ether oxygens (including phenoxy) is 2. The Labute approximate surface area is 177 Å². The number of hydrogen-bond donors (Lipinski definition) is 2. The van der Waals surface area contributed by atoms with Gasteiger partial charge < -0.3 is 9.47 Å². The molecule has 1 aromatic heterocycles. The SMILES string of the molecule is C/C(=N\NC(=O)c1ccccc1NS(=O)(=O)c1cccs1)c1ccc2c(c1)OCO2. The lowest BCUT2D eigenvalue weighted by Crippen LogP contribution is -2.22. The lowest BCUT2D eigenvalue weighted by atomic mass is 10.1. The molecule has 0 bridgehead atoms. The van der Waals surface area contributed by atoms with Crippen LogP contribution in [0.5, 0.6) is 11.5 Å². The fraction of sp³-hybridized carbons (Fsp3) is 0.100. The highest BCUT2D eigenvalue weighted by Crippen LogP contribution is 2.32. The molecule has 4 rings (SSSR count). The fourth-order valence-electron chi connectivity index (χ4n) is 2.76. The van der Waals surface area contributed by atoms with Crippen LogP contribution in [-0.2, 0) is 10.0 Å². The minimum Gasteiger partial charge on any atom is -0.454 e. The Morgan fingerprint density at radius 3 is 2.67 bits per heavy atom. The van der Waals surface area contributed by atoms with Gasteiger partial charge in [0, 0.05) is 5.56 Å². The summed E-state index contributed by atoms with van der Waals surface area (Å²) in [5, 5.41) is 5.80. The predicted molar refractivity (Wildman–Crippen MR) is 114 cm³/mol. The van der Waals surface area contributed by atoms with Crippen LogP contribution in [0, 0.1) is 0 Å². The average Bonchev–Trinajstić information content (AvgIpc) is 3.43. The highest BCUT2D eigenvalue weighted by atomic mass is 32.2. The number of carbonyl (C=O) groups excluding carboxylic acids is 1. The topological polar surface area (TPSA) is 106 Å². The van der Waals surface area contributed by atoms with Crippen LogP contribution in [0.1, 0.15) is 22.8 Å². The molecule has 0 radical (unpaired) electrons. The molecule has 3 aromatic rings. The maximum atomic E-state index is 12.7. The molecule has 2 N–H and O–H groups in total. The van der Waals surface area contributed by atoms with E-state index < -0.39 is 15.9 Å². The highest BCUT2D eigenvalue weighted by molar-refractivity contribution is 7.94. The Hall–Kier alpha value is -3.37. The van der Waals surface area contributed by atoms with Crippen LogP contribution in [0.2, 0.25) is 0 Å². The number of anilines is 1. The second kappa shape index (κ2) is 8.17. The summed E-state index contributed by atoms with van der Waals surface area (Å²) in [4.78, 5) is 12.7. The molecule has 0 atom stereocenters. The van der Waals surface area contributed by atoms with Crippen molar-refractivity contribution in [1.29, 1.82) is 0 Å². The molecule has 8 nitrogen and oxygen atoms in total. The Morgan fingerprint density at radius 2 is 1.87 bits per heavy atom. The van der Waals surface area contributed by atoms with Gasteiger partial charge in [-0.05, 0) is 48.7 Å². The molecule has 0 saturated carbocycles. The van der Waals surface area contributed by atoms with Gasteiger partial charge in [-0.3, -0.25) is 9.52 Å². The molecule has 1 amide bonds. The third-order valence-electron chi connectivity index (χ3n) is 4.29. The van der Waals surface area contributed by atoms with Crippen molar-refractivity contribution < 1.29 is 22.7 Å². The summed E-state index contributed by atoms with van der Waals surface area (Å²) >= 11 is 1.09. The van der Waals surface area contributed by atoms with E-state index in [1.165, 1.54) is 18.2 Å². The Morgan fingerprint density at radius 1 is 1.07 bits per heavy atom. The Bertz CT molecular complexity index is 1220. The van der Waals surface area contributed by atoms with Crippen molar-refractivity contribution in [2.45, 2.75) is 11.1 Å². The minimum atomic E-state index is -3.78. The zero-order valence-electron chi connectivity index (χ0n) is 15.8. The predicted octanol–water partition coefficient (Wildman–Crippen LogP) is 3.43. The van der Waals surface area contributed by atoms with Crippen LogP contribution >= 0.6 is 11.3 Å². The summed E-state index contributed by atoms with van der Waals surface area (Å²) in [6.45, 7) is 1.91. The molecule has 2 heterocycles. The number of sulfonamides is 1. The molecular weight excluding hydrogens is 426 g/mol. The molecule has 154 valence electrons. The first kappa shape index (κ1) is 19.9. The number of rotatable bonds is 6. The molecule has 10 heteroatoms. The molecule has 0 spiro atoms. The standard InChI is InChI=1S/C20H17N3O5S2/c1-13(14-8-9-17-18(11-14)28-12-27-17)21-22-20(24)15-5-2-3-6-16(15)23-30(25,26)19-7-4-10-29-19/h2-11,23H,12H2,1H3,(H,22,24)/b21-13+. The first-order valence-corrected chi connectivity index (χ1v) is 11.2. The summed E-state index contributed by atoms with van der Waals surface area (Å²) in [5.74, 6) is 0.726. The second-order valence-corrected chi connectivity index (χ2v) is 9.15. The third-order valence-corrected chi connectivity index (χ3v) is 7.05. The van der Waals surface area contributed by atoms with Crippen LogP contribution in [0.4, 0.5) is 5.69 Å². The van der Waals surface area contributed by atoms with Gasteiger partial charge in [-0.25, -0.2) is 13.8 Å². The molecular formula is C20H17N3O5S2. The number of thiophene rings is 1. The van der Waals surface area contributed by atoms with E-state index in [0.29, 0.717) is 17.2 Å². The third kappa shape index (κ3) is 4.14. The number of amides is 1.